The SMILES string of the molecule is Cc1ccc(S(=O)(=O)NCCN2CCSCC2)c(N)c1. The topological polar surface area (TPSA) is 75.4 Å². The summed E-state index contributed by atoms with van der Waals surface area (Å²) in [5.74, 6) is 2.25. The Bertz CT molecular complexity index is 555. The average molecular weight is 315 g/mol. The molecule has 0 spiro atoms. The average Bonchev–Trinajstić information content (AvgIpc) is 2.39. The van der Waals surface area contributed by atoms with Gasteiger partial charge in [-0.25, -0.2) is 13.1 Å². The highest BCUT2D eigenvalue weighted by Crippen LogP contribution is 2.19. The lowest BCUT2D eigenvalue weighted by atomic mass is 10.2. The number of hydrogen-bond donors (Lipinski definition) is 2. The number of anilines is 1. The van der Waals surface area contributed by atoms with Crippen molar-refractivity contribution >= 4 is 27.5 Å². The van der Waals surface area contributed by atoms with Gasteiger partial charge in [0.1, 0.15) is 4.90 Å². The van der Waals surface area contributed by atoms with E-state index in [0.717, 1.165) is 36.7 Å². The quantitative estimate of drug-likeness (QED) is 0.790. The van der Waals surface area contributed by atoms with Crippen molar-refractivity contribution in [3.05, 3.63) is 23.8 Å². The predicted molar refractivity (Wildman–Crippen MR) is 84.5 cm³/mol. The minimum atomic E-state index is -3.52. The Morgan fingerprint density at radius 2 is 2.05 bits per heavy atom. The number of aryl methyl sites for hydroxylation is 1. The van der Waals surface area contributed by atoms with Crippen molar-refractivity contribution in [3.8, 4) is 0 Å². The first-order valence-corrected chi connectivity index (χ1v) is 9.29. The van der Waals surface area contributed by atoms with Gasteiger partial charge in [0.15, 0.2) is 0 Å². The highest BCUT2D eigenvalue weighted by Gasteiger charge is 2.17. The van der Waals surface area contributed by atoms with Crippen LogP contribution in [0, 0.1) is 6.92 Å². The van der Waals surface area contributed by atoms with Crippen LogP contribution in [0.15, 0.2) is 23.1 Å². The third-order valence-electron chi connectivity index (χ3n) is 3.28. The van der Waals surface area contributed by atoms with Crippen molar-refractivity contribution in [2.24, 2.45) is 0 Å². The molecular weight excluding hydrogens is 294 g/mol. The number of nitrogens with one attached hydrogen (secondary N) is 1. The summed E-state index contributed by atoms with van der Waals surface area (Å²) in [5.41, 5.74) is 7.04. The zero-order valence-corrected chi connectivity index (χ0v) is 13.3. The Kier molecular flexibility index (Phi) is 5.31. The summed E-state index contributed by atoms with van der Waals surface area (Å²) in [6.07, 6.45) is 0. The lowest BCUT2D eigenvalue weighted by molar-refractivity contribution is 0.307. The minimum absolute atomic E-state index is 0.164. The van der Waals surface area contributed by atoms with E-state index in [4.69, 9.17) is 5.73 Å². The lowest BCUT2D eigenvalue weighted by Crippen LogP contribution is -2.39. The molecule has 0 bridgehead atoms. The number of nitrogen functional groups attached to an aromatic ring is 1. The molecule has 0 unspecified atom stereocenters. The van der Waals surface area contributed by atoms with Crippen LogP contribution < -0.4 is 10.5 Å². The summed E-state index contributed by atoms with van der Waals surface area (Å²) < 4.78 is 27.0. The van der Waals surface area contributed by atoms with Crippen LogP contribution in [0.3, 0.4) is 0 Å². The second-order valence-electron chi connectivity index (χ2n) is 4.89. The summed E-state index contributed by atoms with van der Waals surface area (Å²) in [6, 6.07) is 4.99. The molecule has 1 fully saturated rings. The van der Waals surface area contributed by atoms with Gasteiger partial charge in [0.2, 0.25) is 10.0 Å². The van der Waals surface area contributed by atoms with Gasteiger partial charge in [-0.2, -0.15) is 11.8 Å². The van der Waals surface area contributed by atoms with E-state index >= 15 is 0 Å². The van der Waals surface area contributed by atoms with Gasteiger partial charge in [0, 0.05) is 37.7 Å². The zero-order valence-electron chi connectivity index (χ0n) is 11.6. The van der Waals surface area contributed by atoms with Gasteiger partial charge in [-0.3, -0.25) is 0 Å². The Hall–Kier alpha value is -0.760. The largest absolute Gasteiger partial charge is 0.398 e. The number of nitrogens with zero attached hydrogens (tertiary/aromatic N) is 1. The molecule has 0 aromatic heterocycles. The predicted octanol–water partition coefficient (Wildman–Crippen LogP) is 0.904. The van der Waals surface area contributed by atoms with Gasteiger partial charge in [-0.05, 0) is 24.6 Å². The van der Waals surface area contributed by atoms with Crippen LogP contribution in [-0.4, -0.2) is 51.0 Å². The first kappa shape index (κ1) is 15.6. The number of benzene rings is 1. The summed E-state index contributed by atoms with van der Waals surface area (Å²) in [7, 11) is -3.52. The van der Waals surface area contributed by atoms with Gasteiger partial charge in [0.25, 0.3) is 0 Å². The number of hydrogen-bond acceptors (Lipinski definition) is 5. The maximum atomic E-state index is 12.2. The Morgan fingerprint density at radius 3 is 2.70 bits per heavy atom. The number of nitrogens with two attached hydrogens (primary N) is 1. The van der Waals surface area contributed by atoms with Gasteiger partial charge in [-0.1, -0.05) is 6.07 Å². The van der Waals surface area contributed by atoms with Crippen LogP contribution in [0.25, 0.3) is 0 Å². The second kappa shape index (κ2) is 6.80. The molecule has 1 aliphatic heterocycles. The maximum Gasteiger partial charge on any atom is 0.242 e. The van der Waals surface area contributed by atoms with Crippen LogP contribution >= 0.6 is 11.8 Å². The van der Waals surface area contributed by atoms with Crippen molar-refractivity contribution in [1.29, 1.82) is 0 Å². The Morgan fingerprint density at radius 1 is 1.35 bits per heavy atom. The van der Waals surface area contributed by atoms with E-state index in [1.54, 1.807) is 18.2 Å². The lowest BCUT2D eigenvalue weighted by Gasteiger charge is -2.26. The molecule has 112 valence electrons. The minimum Gasteiger partial charge on any atom is -0.398 e. The van der Waals surface area contributed by atoms with Gasteiger partial charge >= 0.3 is 0 Å². The molecule has 0 radical (unpaired) electrons. The molecule has 5 nitrogen and oxygen atoms in total. The molecule has 1 heterocycles. The zero-order chi connectivity index (χ0) is 14.6. The summed E-state index contributed by atoms with van der Waals surface area (Å²) in [5, 5.41) is 0. The number of rotatable bonds is 5. The third kappa shape index (κ3) is 4.12. The van der Waals surface area contributed by atoms with Crippen molar-refractivity contribution < 1.29 is 8.42 Å². The van der Waals surface area contributed by atoms with Crippen LogP contribution in [0.1, 0.15) is 5.56 Å². The van der Waals surface area contributed by atoms with Crippen molar-refractivity contribution in [2.45, 2.75) is 11.8 Å². The first-order chi connectivity index (χ1) is 9.49. The first-order valence-electron chi connectivity index (χ1n) is 6.65. The van der Waals surface area contributed by atoms with E-state index < -0.39 is 10.0 Å². The van der Waals surface area contributed by atoms with E-state index in [0.29, 0.717) is 12.2 Å². The summed E-state index contributed by atoms with van der Waals surface area (Å²) in [6.45, 7) is 5.10. The molecule has 3 N–H and O–H groups in total. The smallest absolute Gasteiger partial charge is 0.242 e. The molecule has 20 heavy (non-hydrogen) atoms. The van der Waals surface area contributed by atoms with Gasteiger partial charge in [-0.15, -0.1) is 0 Å². The monoisotopic (exact) mass is 315 g/mol. The Balaban J connectivity index is 1.93. The molecule has 0 atom stereocenters. The molecular formula is C13H21N3O2S2. The normalized spacial score (nSPS) is 17.2. The van der Waals surface area contributed by atoms with Crippen LogP contribution in [0.5, 0.6) is 0 Å². The molecule has 1 saturated heterocycles. The van der Waals surface area contributed by atoms with Crippen molar-refractivity contribution in [2.75, 3.05) is 43.4 Å². The highest BCUT2D eigenvalue weighted by molar-refractivity contribution is 7.99. The fourth-order valence-electron chi connectivity index (χ4n) is 2.15. The molecule has 1 aromatic carbocycles. The van der Waals surface area contributed by atoms with Gasteiger partial charge < -0.3 is 10.6 Å². The van der Waals surface area contributed by atoms with Crippen LogP contribution in [-0.2, 0) is 10.0 Å². The molecule has 1 aromatic rings. The standard InChI is InChI=1S/C13H21N3O2S2/c1-11-2-3-13(12(14)10-11)20(17,18)15-4-5-16-6-8-19-9-7-16/h2-3,10,15H,4-9,14H2,1H3. The maximum absolute atomic E-state index is 12.2. The van der Waals surface area contributed by atoms with Gasteiger partial charge in [0.05, 0.1) is 5.69 Å². The molecule has 7 heteroatoms. The summed E-state index contributed by atoms with van der Waals surface area (Å²) >= 11 is 1.94. The fourth-order valence-corrected chi connectivity index (χ4v) is 4.26. The van der Waals surface area contributed by atoms with E-state index in [-0.39, 0.29) is 4.90 Å². The van der Waals surface area contributed by atoms with Crippen LogP contribution in [0.2, 0.25) is 0 Å². The van der Waals surface area contributed by atoms with Crippen molar-refractivity contribution in [1.82, 2.24) is 9.62 Å². The van der Waals surface area contributed by atoms with Crippen molar-refractivity contribution in [3.63, 3.8) is 0 Å². The van der Waals surface area contributed by atoms with E-state index in [1.165, 1.54) is 0 Å². The van der Waals surface area contributed by atoms with E-state index in [9.17, 15) is 8.42 Å². The van der Waals surface area contributed by atoms with E-state index in [2.05, 4.69) is 9.62 Å². The molecule has 0 amide bonds. The number of sulfonamides is 1. The molecule has 0 aliphatic carbocycles. The van der Waals surface area contributed by atoms with Crippen LogP contribution in [0.4, 0.5) is 5.69 Å². The Labute approximate surface area is 125 Å². The van der Waals surface area contributed by atoms with E-state index in [1.807, 2.05) is 18.7 Å². The molecule has 1 aliphatic rings. The molecule has 2 rings (SSSR count). The fraction of sp³-hybridized carbons (Fsp3) is 0.538. The number of thioether (sulfide) groups is 1. The highest BCUT2D eigenvalue weighted by atomic mass is 32.2. The second-order valence-corrected chi connectivity index (χ2v) is 7.85. The summed E-state index contributed by atoms with van der Waals surface area (Å²) in [4.78, 5) is 2.44. The third-order valence-corrected chi connectivity index (χ3v) is 5.76. The molecule has 0 saturated carbocycles.